The van der Waals surface area contributed by atoms with Crippen LogP contribution in [0.25, 0.3) is 5.69 Å². The molecule has 1 saturated heterocycles. The number of carbonyl (C=O) groups excluding carboxylic acids is 1. The Kier molecular flexibility index (Phi) is 7.36. The van der Waals surface area contributed by atoms with E-state index in [2.05, 4.69) is 51.9 Å². The quantitative estimate of drug-likeness (QED) is 0.261. The third-order valence-electron chi connectivity index (χ3n) is 7.85. The Hall–Kier alpha value is -4.37. The summed E-state index contributed by atoms with van der Waals surface area (Å²) >= 11 is 5.86. The van der Waals surface area contributed by atoms with Gasteiger partial charge in [-0.2, -0.15) is 0 Å². The Morgan fingerprint density at radius 2 is 1.88 bits per heavy atom. The van der Waals surface area contributed by atoms with Gasteiger partial charge in [0.2, 0.25) is 12.7 Å². The number of fused-ring (bicyclic) bond motifs is 1. The van der Waals surface area contributed by atoms with E-state index in [0.717, 1.165) is 57.5 Å². The van der Waals surface area contributed by atoms with Crippen molar-refractivity contribution >= 4 is 28.9 Å². The number of amides is 1. The third-order valence-corrected chi connectivity index (χ3v) is 8.21. The molecule has 1 fully saturated rings. The molecule has 2 N–H and O–H groups in total. The average molecular weight is 568 g/mol. The smallest absolute Gasteiger partial charge is 0.231 e. The summed E-state index contributed by atoms with van der Waals surface area (Å²) in [6.45, 7) is 7.00. The number of para-hydroxylation sites is 1. The monoisotopic (exact) mass is 567 g/mol. The van der Waals surface area contributed by atoms with Gasteiger partial charge in [-0.15, -0.1) is 0 Å². The number of nitrogens with one attached hydrogen (secondary N) is 2. The molecule has 0 unspecified atom stereocenters. The van der Waals surface area contributed by atoms with Gasteiger partial charge in [0.1, 0.15) is 0 Å². The molecule has 9 heteroatoms. The molecule has 210 valence electrons. The lowest BCUT2D eigenvalue weighted by Gasteiger charge is -2.28. The molecule has 1 amide bonds. The van der Waals surface area contributed by atoms with Crippen LogP contribution in [0.4, 0.5) is 5.69 Å². The number of hydrogen-bond donors (Lipinski definition) is 2. The van der Waals surface area contributed by atoms with E-state index in [9.17, 15) is 4.79 Å². The van der Waals surface area contributed by atoms with E-state index < -0.39 is 0 Å². The van der Waals surface area contributed by atoms with Crippen molar-refractivity contribution in [3.8, 4) is 17.2 Å². The lowest BCUT2D eigenvalue weighted by molar-refractivity contribution is -0.116. The number of thiocarbonyl (C=S) groups is 1. The second-order valence-electron chi connectivity index (χ2n) is 10.3. The fourth-order valence-corrected chi connectivity index (χ4v) is 6.21. The van der Waals surface area contributed by atoms with Crippen LogP contribution in [-0.2, 0) is 11.2 Å². The lowest BCUT2D eigenvalue weighted by atomic mass is 9.96. The van der Waals surface area contributed by atoms with Gasteiger partial charge in [-0.3, -0.25) is 9.78 Å². The summed E-state index contributed by atoms with van der Waals surface area (Å²) in [5.41, 5.74) is 7.17. The number of carbonyl (C=O) groups is 1. The molecular formula is C32H33N5O3S. The highest BCUT2D eigenvalue weighted by Gasteiger charge is 2.41. The number of pyridine rings is 1. The highest BCUT2D eigenvalue weighted by Crippen LogP contribution is 2.42. The molecule has 4 heterocycles. The molecule has 0 saturated carbocycles. The topological polar surface area (TPSA) is 80.7 Å². The van der Waals surface area contributed by atoms with E-state index in [1.165, 1.54) is 0 Å². The first kappa shape index (κ1) is 26.8. The van der Waals surface area contributed by atoms with Crippen molar-refractivity contribution in [2.75, 3.05) is 18.7 Å². The van der Waals surface area contributed by atoms with E-state index in [1.807, 2.05) is 60.7 Å². The van der Waals surface area contributed by atoms with E-state index >= 15 is 0 Å². The van der Waals surface area contributed by atoms with E-state index in [-0.39, 0.29) is 24.8 Å². The van der Waals surface area contributed by atoms with Gasteiger partial charge in [0, 0.05) is 48.0 Å². The molecule has 0 radical (unpaired) electrons. The van der Waals surface area contributed by atoms with Crippen molar-refractivity contribution in [1.82, 2.24) is 19.8 Å². The summed E-state index contributed by atoms with van der Waals surface area (Å²) in [5, 5.41) is 7.22. The minimum Gasteiger partial charge on any atom is -0.454 e. The van der Waals surface area contributed by atoms with Crippen molar-refractivity contribution in [3.05, 3.63) is 101 Å². The Labute approximate surface area is 245 Å². The minimum atomic E-state index is -0.168. The Bertz CT molecular complexity index is 1600. The summed E-state index contributed by atoms with van der Waals surface area (Å²) in [7, 11) is 0. The van der Waals surface area contributed by atoms with E-state index in [0.29, 0.717) is 18.1 Å². The van der Waals surface area contributed by atoms with Crippen molar-refractivity contribution in [1.29, 1.82) is 0 Å². The maximum Gasteiger partial charge on any atom is 0.231 e. The number of rotatable bonds is 8. The lowest BCUT2D eigenvalue weighted by Crippen LogP contribution is -2.33. The fraction of sp³-hybridized carbons (Fsp3) is 0.281. The van der Waals surface area contributed by atoms with Crippen LogP contribution in [-0.4, -0.2) is 38.8 Å². The van der Waals surface area contributed by atoms with Gasteiger partial charge in [-0.25, -0.2) is 0 Å². The molecule has 0 bridgehead atoms. The predicted octanol–water partition coefficient (Wildman–Crippen LogP) is 5.78. The molecule has 0 spiro atoms. The van der Waals surface area contributed by atoms with E-state index in [1.54, 1.807) is 6.20 Å². The molecule has 2 aromatic heterocycles. The second-order valence-corrected chi connectivity index (χ2v) is 10.7. The molecule has 2 atom stereocenters. The Balaban J connectivity index is 1.32. The van der Waals surface area contributed by atoms with Crippen LogP contribution >= 0.6 is 12.2 Å². The molecular weight excluding hydrogens is 534 g/mol. The van der Waals surface area contributed by atoms with E-state index in [4.69, 9.17) is 21.7 Å². The molecule has 2 aromatic carbocycles. The Morgan fingerprint density at radius 3 is 2.68 bits per heavy atom. The van der Waals surface area contributed by atoms with Gasteiger partial charge < -0.3 is 29.6 Å². The Morgan fingerprint density at radius 1 is 1.07 bits per heavy atom. The zero-order chi connectivity index (χ0) is 28.5. The number of nitrogens with zero attached hydrogens (tertiary/aromatic N) is 3. The van der Waals surface area contributed by atoms with Gasteiger partial charge in [0.25, 0.3) is 0 Å². The van der Waals surface area contributed by atoms with Crippen molar-refractivity contribution < 1.29 is 14.3 Å². The summed E-state index contributed by atoms with van der Waals surface area (Å²) in [4.78, 5) is 19.9. The van der Waals surface area contributed by atoms with Gasteiger partial charge >= 0.3 is 0 Å². The number of anilines is 1. The van der Waals surface area contributed by atoms with Gasteiger partial charge in [0.15, 0.2) is 16.6 Å². The summed E-state index contributed by atoms with van der Waals surface area (Å²) < 4.78 is 13.4. The van der Waals surface area contributed by atoms with Gasteiger partial charge in [-0.1, -0.05) is 31.2 Å². The zero-order valence-electron chi connectivity index (χ0n) is 23.4. The minimum absolute atomic E-state index is 0.0421. The molecule has 0 aliphatic carbocycles. The highest BCUT2D eigenvalue weighted by molar-refractivity contribution is 7.80. The van der Waals surface area contributed by atoms with Crippen LogP contribution in [0.2, 0.25) is 0 Å². The van der Waals surface area contributed by atoms with Crippen LogP contribution < -0.4 is 20.1 Å². The molecule has 6 rings (SSSR count). The zero-order valence-corrected chi connectivity index (χ0v) is 24.2. The summed E-state index contributed by atoms with van der Waals surface area (Å²) in [6, 6.07) is 21.7. The molecule has 4 aromatic rings. The average Bonchev–Trinajstić information content (AvgIpc) is 3.67. The summed E-state index contributed by atoms with van der Waals surface area (Å²) in [5.74, 6) is 1.45. The van der Waals surface area contributed by atoms with Crippen LogP contribution in [0.1, 0.15) is 53.6 Å². The SMILES string of the molecule is CCc1ccccc1NC(=O)CCN1C(=S)N[C@@H](c2ccccn2)[C@@H]1c1cc(C)n(-c2ccc3c(c2)OCO3)c1C. The first-order chi connectivity index (χ1) is 19.9. The molecule has 8 nitrogen and oxygen atoms in total. The fourth-order valence-electron chi connectivity index (χ4n) is 5.88. The molecule has 2 aliphatic heterocycles. The van der Waals surface area contributed by atoms with Crippen LogP contribution in [0, 0.1) is 13.8 Å². The van der Waals surface area contributed by atoms with Gasteiger partial charge in [-0.05, 0) is 80.0 Å². The first-order valence-electron chi connectivity index (χ1n) is 13.9. The number of ether oxygens (including phenoxy) is 2. The third kappa shape index (κ3) is 5.13. The number of hydrogen-bond acceptors (Lipinski definition) is 5. The summed E-state index contributed by atoms with van der Waals surface area (Å²) in [6.07, 6.45) is 2.95. The normalized spacial score (nSPS) is 17.5. The largest absolute Gasteiger partial charge is 0.454 e. The van der Waals surface area contributed by atoms with Crippen LogP contribution in [0.3, 0.4) is 0 Å². The maximum atomic E-state index is 13.1. The predicted molar refractivity (Wildman–Crippen MR) is 163 cm³/mol. The highest BCUT2D eigenvalue weighted by atomic mass is 32.1. The van der Waals surface area contributed by atoms with Crippen LogP contribution in [0.15, 0.2) is 72.9 Å². The number of aryl methyl sites for hydroxylation is 2. The maximum absolute atomic E-state index is 13.1. The van der Waals surface area contributed by atoms with Crippen molar-refractivity contribution in [2.24, 2.45) is 0 Å². The number of aromatic nitrogens is 2. The number of benzene rings is 2. The van der Waals surface area contributed by atoms with Crippen molar-refractivity contribution in [3.63, 3.8) is 0 Å². The molecule has 41 heavy (non-hydrogen) atoms. The van der Waals surface area contributed by atoms with Crippen molar-refractivity contribution in [2.45, 2.75) is 45.7 Å². The standard InChI is InChI=1S/C32H33N5O3S/c1-4-22-9-5-6-10-25(22)34-29(38)14-16-36-31(30(35-32(36)41)26-11-7-8-15-33-26)24-17-20(2)37(21(24)3)23-12-13-27-28(18-23)40-19-39-27/h5-13,15,17-18,30-31H,4,14,16,19H2,1-3H3,(H,34,38)(H,35,41)/t30-,31-/m0/s1. The van der Waals surface area contributed by atoms with Crippen LogP contribution in [0.5, 0.6) is 11.5 Å². The van der Waals surface area contributed by atoms with Gasteiger partial charge in [0.05, 0.1) is 17.8 Å². The first-order valence-corrected chi connectivity index (χ1v) is 14.3. The molecule has 2 aliphatic rings. The second kappa shape index (κ2) is 11.2.